The maximum atomic E-state index is 11.7. The zero-order chi connectivity index (χ0) is 16.8. The molecule has 0 aliphatic heterocycles. The van der Waals surface area contributed by atoms with Crippen LogP contribution in [0.4, 0.5) is 0 Å². The van der Waals surface area contributed by atoms with Crippen LogP contribution >= 0.6 is 15.9 Å². The van der Waals surface area contributed by atoms with Crippen LogP contribution in [0.1, 0.15) is 5.69 Å². The molecular weight excluding hydrogens is 374 g/mol. The van der Waals surface area contributed by atoms with Gasteiger partial charge in [-0.1, -0.05) is 57.5 Å². The highest BCUT2D eigenvalue weighted by molar-refractivity contribution is 9.10. The van der Waals surface area contributed by atoms with Crippen LogP contribution in [0.25, 0.3) is 11.3 Å². The van der Waals surface area contributed by atoms with Gasteiger partial charge in [0.25, 0.3) is 0 Å². The Balaban J connectivity index is 1.49. The lowest BCUT2D eigenvalue weighted by molar-refractivity contribution is -0.147. The Labute approximate surface area is 147 Å². The summed E-state index contributed by atoms with van der Waals surface area (Å²) in [5.41, 5.74) is 1.46. The minimum absolute atomic E-state index is 0.0387. The Kier molecular flexibility index (Phi) is 5.28. The second kappa shape index (κ2) is 7.79. The summed E-state index contributed by atoms with van der Waals surface area (Å²) in [4.78, 5) is 11.7. The summed E-state index contributed by atoms with van der Waals surface area (Å²) in [5.74, 6) is 0.750. The van der Waals surface area contributed by atoms with Gasteiger partial charge in [-0.2, -0.15) is 0 Å². The van der Waals surface area contributed by atoms with Gasteiger partial charge in [-0.15, -0.1) is 0 Å². The number of carbonyl (C=O) groups is 1. The summed E-state index contributed by atoms with van der Waals surface area (Å²) in [6.45, 7) is -0.128. The minimum atomic E-state index is -0.473. The van der Waals surface area contributed by atoms with E-state index in [-0.39, 0.29) is 13.2 Å². The molecule has 3 aromatic rings. The molecule has 0 radical (unpaired) electrons. The molecule has 0 fully saturated rings. The van der Waals surface area contributed by atoms with Gasteiger partial charge in [-0.05, 0) is 18.2 Å². The molecule has 122 valence electrons. The first-order chi connectivity index (χ1) is 11.7. The van der Waals surface area contributed by atoms with Gasteiger partial charge in [-0.25, -0.2) is 4.79 Å². The van der Waals surface area contributed by atoms with Crippen LogP contribution in [0.3, 0.4) is 0 Å². The van der Waals surface area contributed by atoms with Gasteiger partial charge in [0.2, 0.25) is 0 Å². The monoisotopic (exact) mass is 387 g/mol. The largest absolute Gasteiger partial charge is 0.482 e. The fourth-order valence-electron chi connectivity index (χ4n) is 2.01. The number of hydrogen-bond donors (Lipinski definition) is 0. The van der Waals surface area contributed by atoms with Crippen molar-refractivity contribution < 1.29 is 18.8 Å². The third-order valence-corrected chi connectivity index (χ3v) is 3.64. The average Bonchev–Trinajstić information content (AvgIpc) is 3.08. The maximum Gasteiger partial charge on any atom is 0.344 e. The molecule has 0 saturated carbocycles. The molecule has 24 heavy (non-hydrogen) atoms. The number of ether oxygens (including phenoxy) is 2. The number of halogens is 1. The molecule has 0 aliphatic rings. The van der Waals surface area contributed by atoms with E-state index in [1.54, 1.807) is 18.2 Å². The highest BCUT2D eigenvalue weighted by Gasteiger charge is 2.10. The van der Waals surface area contributed by atoms with Crippen LogP contribution in [0.15, 0.2) is 69.7 Å². The number of rotatable bonds is 6. The quantitative estimate of drug-likeness (QED) is 0.592. The fourth-order valence-corrected chi connectivity index (χ4v) is 2.39. The van der Waals surface area contributed by atoms with Crippen LogP contribution in [0, 0.1) is 0 Å². The van der Waals surface area contributed by atoms with Crippen molar-refractivity contribution >= 4 is 21.9 Å². The van der Waals surface area contributed by atoms with Gasteiger partial charge in [0.05, 0.1) is 0 Å². The molecule has 0 aliphatic carbocycles. The molecule has 3 rings (SSSR count). The van der Waals surface area contributed by atoms with E-state index in [4.69, 9.17) is 14.0 Å². The van der Waals surface area contributed by atoms with E-state index in [2.05, 4.69) is 21.1 Å². The van der Waals surface area contributed by atoms with Crippen molar-refractivity contribution in [1.82, 2.24) is 5.16 Å². The van der Waals surface area contributed by atoms with E-state index >= 15 is 0 Å². The topological polar surface area (TPSA) is 61.6 Å². The minimum Gasteiger partial charge on any atom is -0.482 e. The Morgan fingerprint density at radius 1 is 1.08 bits per heavy atom. The van der Waals surface area contributed by atoms with Crippen LogP contribution < -0.4 is 4.74 Å². The molecule has 5 nitrogen and oxygen atoms in total. The van der Waals surface area contributed by atoms with Crippen molar-refractivity contribution in [2.24, 2.45) is 0 Å². The lowest BCUT2D eigenvalue weighted by Gasteiger charge is -2.06. The Hall–Kier alpha value is -2.60. The first-order valence-electron chi connectivity index (χ1n) is 7.26. The molecule has 0 atom stereocenters. The first kappa shape index (κ1) is 16.3. The SMILES string of the molecule is O=C(COc1cccc(Br)c1)OCc1cc(-c2ccccc2)on1. The molecule has 2 aromatic carbocycles. The predicted octanol–water partition coefficient (Wildman–Crippen LogP) is 4.23. The van der Waals surface area contributed by atoms with Crippen molar-refractivity contribution in [3.05, 3.63) is 70.8 Å². The Bertz CT molecular complexity index is 817. The third kappa shape index (κ3) is 4.45. The molecule has 6 heteroatoms. The molecule has 0 saturated heterocycles. The summed E-state index contributed by atoms with van der Waals surface area (Å²) in [6.07, 6.45) is 0. The predicted molar refractivity (Wildman–Crippen MR) is 91.4 cm³/mol. The molecular formula is C18H14BrNO4. The second-order valence-electron chi connectivity index (χ2n) is 4.96. The van der Waals surface area contributed by atoms with Crippen molar-refractivity contribution in [2.45, 2.75) is 6.61 Å². The number of hydrogen-bond acceptors (Lipinski definition) is 5. The van der Waals surface area contributed by atoms with E-state index in [0.29, 0.717) is 17.2 Å². The Morgan fingerprint density at radius 2 is 1.92 bits per heavy atom. The summed E-state index contributed by atoms with van der Waals surface area (Å²) >= 11 is 3.34. The number of esters is 1. The zero-order valence-electron chi connectivity index (χ0n) is 12.6. The highest BCUT2D eigenvalue weighted by Crippen LogP contribution is 2.20. The molecule has 0 amide bonds. The number of benzene rings is 2. The van der Waals surface area contributed by atoms with Gasteiger partial charge < -0.3 is 14.0 Å². The molecule has 1 heterocycles. The molecule has 0 unspecified atom stereocenters. The van der Waals surface area contributed by atoms with E-state index in [1.807, 2.05) is 42.5 Å². The van der Waals surface area contributed by atoms with Crippen LogP contribution in [-0.2, 0) is 16.1 Å². The highest BCUT2D eigenvalue weighted by atomic mass is 79.9. The van der Waals surface area contributed by atoms with Gasteiger partial charge in [-0.3, -0.25) is 0 Å². The van der Waals surface area contributed by atoms with Gasteiger partial charge >= 0.3 is 5.97 Å². The van der Waals surface area contributed by atoms with E-state index < -0.39 is 5.97 Å². The first-order valence-corrected chi connectivity index (χ1v) is 8.05. The van der Waals surface area contributed by atoms with E-state index in [1.165, 1.54) is 0 Å². The smallest absolute Gasteiger partial charge is 0.344 e. The number of nitrogens with zero attached hydrogens (tertiary/aromatic N) is 1. The number of aromatic nitrogens is 1. The van der Waals surface area contributed by atoms with Crippen molar-refractivity contribution in [2.75, 3.05) is 6.61 Å². The molecule has 0 spiro atoms. The lowest BCUT2D eigenvalue weighted by Crippen LogP contribution is -2.14. The standard InChI is InChI=1S/C18H14BrNO4/c19-14-7-4-8-16(9-14)22-12-18(21)23-11-15-10-17(24-20-15)13-5-2-1-3-6-13/h1-10H,11-12H2. The molecule has 0 bridgehead atoms. The summed E-state index contributed by atoms with van der Waals surface area (Å²) in [7, 11) is 0. The van der Waals surface area contributed by atoms with Crippen LogP contribution in [-0.4, -0.2) is 17.7 Å². The number of carbonyl (C=O) groups excluding carboxylic acids is 1. The van der Waals surface area contributed by atoms with Gasteiger partial charge in [0.15, 0.2) is 12.4 Å². The summed E-state index contributed by atoms with van der Waals surface area (Å²) in [5, 5.41) is 3.90. The van der Waals surface area contributed by atoms with Crippen molar-refractivity contribution in [3.63, 3.8) is 0 Å². The van der Waals surface area contributed by atoms with Crippen LogP contribution in [0.2, 0.25) is 0 Å². The zero-order valence-corrected chi connectivity index (χ0v) is 14.2. The lowest BCUT2D eigenvalue weighted by atomic mass is 10.2. The van der Waals surface area contributed by atoms with E-state index in [9.17, 15) is 4.79 Å². The Morgan fingerprint density at radius 3 is 2.71 bits per heavy atom. The van der Waals surface area contributed by atoms with Crippen LogP contribution in [0.5, 0.6) is 5.75 Å². The molecule has 0 N–H and O–H groups in total. The van der Waals surface area contributed by atoms with Crippen molar-refractivity contribution in [1.29, 1.82) is 0 Å². The summed E-state index contributed by atoms with van der Waals surface area (Å²) in [6, 6.07) is 18.6. The van der Waals surface area contributed by atoms with Gasteiger partial charge in [0.1, 0.15) is 18.1 Å². The molecule has 1 aromatic heterocycles. The maximum absolute atomic E-state index is 11.7. The van der Waals surface area contributed by atoms with E-state index in [0.717, 1.165) is 10.0 Å². The normalized spacial score (nSPS) is 10.4. The van der Waals surface area contributed by atoms with Crippen molar-refractivity contribution in [3.8, 4) is 17.1 Å². The fraction of sp³-hybridized carbons (Fsp3) is 0.111. The third-order valence-electron chi connectivity index (χ3n) is 3.15. The second-order valence-corrected chi connectivity index (χ2v) is 5.87. The van der Waals surface area contributed by atoms with Gasteiger partial charge in [0, 0.05) is 16.1 Å². The average molecular weight is 388 g/mol. The summed E-state index contributed by atoms with van der Waals surface area (Å²) < 4.78 is 16.6.